The highest BCUT2D eigenvalue weighted by atomic mass is 32.2. The molecular weight excluding hydrogens is 430 g/mol. The molecule has 32 heavy (non-hydrogen) atoms. The van der Waals surface area contributed by atoms with Gasteiger partial charge in [-0.25, -0.2) is 17.2 Å². The molecule has 9 heteroatoms. The van der Waals surface area contributed by atoms with Gasteiger partial charge < -0.3 is 14.8 Å². The van der Waals surface area contributed by atoms with Gasteiger partial charge in [-0.2, -0.15) is 0 Å². The summed E-state index contributed by atoms with van der Waals surface area (Å²) in [5, 5.41) is 3.05. The van der Waals surface area contributed by atoms with Gasteiger partial charge in [0.05, 0.1) is 12.6 Å². The van der Waals surface area contributed by atoms with Gasteiger partial charge in [-0.15, -0.1) is 0 Å². The molecular formula is C23H21N3O5S. The second kappa shape index (κ2) is 8.72. The third-order valence-electron chi connectivity index (χ3n) is 5.03. The van der Waals surface area contributed by atoms with Crippen LogP contribution in [0, 0.1) is 0 Å². The summed E-state index contributed by atoms with van der Waals surface area (Å²) in [7, 11) is -0.866. The predicted octanol–water partition coefficient (Wildman–Crippen LogP) is 3.80. The number of carbonyl (C=O) groups is 1. The number of hydrogen-bond acceptors (Lipinski definition) is 6. The van der Waals surface area contributed by atoms with E-state index in [9.17, 15) is 13.2 Å². The fraction of sp³-hybridized carbons (Fsp3) is 0.130. The maximum absolute atomic E-state index is 13.4. The van der Waals surface area contributed by atoms with E-state index in [2.05, 4.69) is 10.3 Å². The minimum atomic E-state index is -3.92. The van der Waals surface area contributed by atoms with Crippen molar-refractivity contribution in [1.82, 2.24) is 14.3 Å². The van der Waals surface area contributed by atoms with E-state index >= 15 is 0 Å². The van der Waals surface area contributed by atoms with Crippen LogP contribution in [0.4, 0.5) is 4.79 Å². The minimum Gasteiger partial charge on any atom is -0.497 e. The number of fused-ring (bicyclic) bond motifs is 1. The molecule has 0 atom stereocenters. The Labute approximate surface area is 185 Å². The first-order valence-electron chi connectivity index (χ1n) is 9.72. The predicted molar refractivity (Wildman–Crippen MR) is 120 cm³/mol. The third-order valence-corrected chi connectivity index (χ3v) is 6.69. The largest absolute Gasteiger partial charge is 0.497 e. The summed E-state index contributed by atoms with van der Waals surface area (Å²) in [6, 6.07) is 16.1. The number of nitrogens with one attached hydrogen (secondary N) is 1. The van der Waals surface area contributed by atoms with Gasteiger partial charge >= 0.3 is 6.09 Å². The molecule has 0 unspecified atom stereocenters. The van der Waals surface area contributed by atoms with E-state index in [1.165, 1.54) is 35.7 Å². The Morgan fingerprint density at radius 1 is 1.09 bits per heavy atom. The van der Waals surface area contributed by atoms with E-state index in [1.807, 2.05) is 36.4 Å². The van der Waals surface area contributed by atoms with Gasteiger partial charge in [0.15, 0.2) is 0 Å². The van der Waals surface area contributed by atoms with Crippen molar-refractivity contribution in [2.45, 2.75) is 11.5 Å². The number of alkyl carbamates (subject to hydrolysis) is 1. The monoisotopic (exact) mass is 451 g/mol. The van der Waals surface area contributed by atoms with Crippen LogP contribution in [0.2, 0.25) is 0 Å². The van der Waals surface area contributed by atoms with Crippen LogP contribution in [0.1, 0.15) is 5.56 Å². The molecule has 2 heterocycles. The lowest BCUT2D eigenvalue weighted by molar-refractivity contribution is 0.142. The molecule has 1 amide bonds. The Bertz CT molecular complexity index is 1360. The quantitative estimate of drug-likeness (QED) is 0.479. The van der Waals surface area contributed by atoms with E-state index in [0.29, 0.717) is 16.5 Å². The zero-order chi connectivity index (χ0) is 22.7. The molecule has 164 valence electrons. The average molecular weight is 452 g/mol. The highest BCUT2D eigenvalue weighted by Crippen LogP contribution is 2.31. The third kappa shape index (κ3) is 4.02. The fourth-order valence-electron chi connectivity index (χ4n) is 3.37. The number of aromatic nitrogens is 2. The Hall–Kier alpha value is -3.85. The summed E-state index contributed by atoms with van der Waals surface area (Å²) in [6.45, 7) is -0.0758. The second-order valence-corrected chi connectivity index (χ2v) is 8.75. The Kier molecular flexibility index (Phi) is 5.83. The van der Waals surface area contributed by atoms with Crippen LogP contribution in [0.25, 0.3) is 22.0 Å². The lowest BCUT2D eigenvalue weighted by Gasteiger charge is -2.09. The smallest absolute Gasteiger partial charge is 0.407 e. The topological polar surface area (TPSA) is 99.5 Å². The van der Waals surface area contributed by atoms with Gasteiger partial charge in [-0.1, -0.05) is 24.3 Å². The van der Waals surface area contributed by atoms with Gasteiger partial charge in [0.25, 0.3) is 10.0 Å². The van der Waals surface area contributed by atoms with E-state index in [1.54, 1.807) is 19.2 Å². The van der Waals surface area contributed by atoms with Crippen LogP contribution in [-0.2, 0) is 21.4 Å². The molecule has 0 radical (unpaired) electrons. The van der Waals surface area contributed by atoms with E-state index in [0.717, 1.165) is 16.9 Å². The highest BCUT2D eigenvalue weighted by Gasteiger charge is 2.22. The molecule has 2 aromatic carbocycles. The number of nitrogens with zero attached hydrogens (tertiary/aromatic N) is 2. The molecule has 0 aliphatic carbocycles. The number of carbonyl (C=O) groups excluding carboxylic acids is 1. The SMILES string of the molecule is CNC(=O)OCc1cn(S(=O)(=O)c2cccnc2)c2cc(-c3ccc(OC)cc3)ccc12. The lowest BCUT2D eigenvalue weighted by Crippen LogP contribution is -2.18. The number of pyridine rings is 1. The summed E-state index contributed by atoms with van der Waals surface area (Å²) >= 11 is 0. The van der Waals surface area contributed by atoms with Crippen molar-refractivity contribution in [3.63, 3.8) is 0 Å². The summed E-state index contributed by atoms with van der Waals surface area (Å²) in [5.41, 5.74) is 2.78. The van der Waals surface area contributed by atoms with Crippen molar-refractivity contribution in [1.29, 1.82) is 0 Å². The summed E-state index contributed by atoms with van der Waals surface area (Å²) in [5.74, 6) is 0.728. The van der Waals surface area contributed by atoms with Crippen molar-refractivity contribution in [3.05, 3.63) is 78.8 Å². The van der Waals surface area contributed by atoms with Crippen molar-refractivity contribution in [2.75, 3.05) is 14.2 Å². The van der Waals surface area contributed by atoms with E-state index in [4.69, 9.17) is 9.47 Å². The molecule has 4 aromatic rings. The molecule has 0 bridgehead atoms. The maximum atomic E-state index is 13.4. The van der Waals surface area contributed by atoms with Crippen molar-refractivity contribution < 1.29 is 22.7 Å². The Balaban J connectivity index is 1.87. The van der Waals surface area contributed by atoms with Crippen molar-refractivity contribution in [2.24, 2.45) is 0 Å². The fourth-order valence-corrected chi connectivity index (χ4v) is 4.72. The Morgan fingerprint density at radius 2 is 1.84 bits per heavy atom. The normalized spacial score (nSPS) is 11.3. The molecule has 2 aromatic heterocycles. The average Bonchev–Trinajstić information content (AvgIpc) is 3.21. The molecule has 1 N–H and O–H groups in total. The second-order valence-electron chi connectivity index (χ2n) is 6.93. The van der Waals surface area contributed by atoms with Crippen LogP contribution < -0.4 is 10.1 Å². The van der Waals surface area contributed by atoms with Gasteiger partial charge in [0.2, 0.25) is 0 Å². The molecule has 0 saturated heterocycles. The molecule has 0 aliphatic heterocycles. The van der Waals surface area contributed by atoms with Crippen LogP contribution in [0.3, 0.4) is 0 Å². The molecule has 0 saturated carbocycles. The summed E-state index contributed by atoms with van der Waals surface area (Å²) in [4.78, 5) is 15.6. The minimum absolute atomic E-state index is 0.0607. The first kappa shape index (κ1) is 21.4. The van der Waals surface area contributed by atoms with Gasteiger partial charge in [0.1, 0.15) is 17.3 Å². The number of amides is 1. The van der Waals surface area contributed by atoms with Crippen molar-refractivity contribution >= 4 is 27.0 Å². The van der Waals surface area contributed by atoms with Gasteiger partial charge in [0, 0.05) is 36.6 Å². The summed E-state index contributed by atoms with van der Waals surface area (Å²) in [6.07, 6.45) is 3.69. The standard InChI is InChI=1S/C23H21N3O5S/c1-24-23(27)31-15-18-14-26(32(28,29)20-4-3-11-25-13-20)22-12-17(7-10-21(18)22)16-5-8-19(30-2)9-6-16/h3-14H,15H2,1-2H3,(H,24,27). The van der Waals surface area contributed by atoms with E-state index in [-0.39, 0.29) is 11.5 Å². The Morgan fingerprint density at radius 3 is 2.50 bits per heavy atom. The highest BCUT2D eigenvalue weighted by molar-refractivity contribution is 7.90. The number of benzene rings is 2. The first-order chi connectivity index (χ1) is 15.4. The van der Waals surface area contributed by atoms with Crippen LogP contribution in [-0.4, -0.2) is 37.6 Å². The number of rotatable bonds is 6. The molecule has 4 rings (SSSR count). The van der Waals surface area contributed by atoms with Crippen LogP contribution in [0.15, 0.2) is 78.1 Å². The van der Waals surface area contributed by atoms with Gasteiger partial charge in [-0.05, 0) is 41.5 Å². The van der Waals surface area contributed by atoms with E-state index < -0.39 is 16.1 Å². The zero-order valence-corrected chi connectivity index (χ0v) is 18.3. The zero-order valence-electron chi connectivity index (χ0n) is 17.5. The maximum Gasteiger partial charge on any atom is 0.407 e. The molecule has 0 aliphatic rings. The number of hydrogen-bond donors (Lipinski definition) is 1. The number of methoxy groups -OCH3 is 1. The van der Waals surface area contributed by atoms with Crippen molar-refractivity contribution in [3.8, 4) is 16.9 Å². The summed E-state index contributed by atoms with van der Waals surface area (Å²) < 4.78 is 38.3. The molecule has 0 spiro atoms. The van der Waals surface area contributed by atoms with Crippen LogP contribution in [0.5, 0.6) is 5.75 Å². The molecule has 8 nitrogen and oxygen atoms in total. The van der Waals surface area contributed by atoms with Crippen LogP contribution >= 0.6 is 0 Å². The van der Waals surface area contributed by atoms with Gasteiger partial charge in [-0.3, -0.25) is 4.98 Å². The lowest BCUT2D eigenvalue weighted by atomic mass is 10.0. The first-order valence-corrected chi connectivity index (χ1v) is 11.2. The number of ether oxygens (including phenoxy) is 2. The molecule has 0 fully saturated rings.